The predicted molar refractivity (Wildman–Crippen MR) is 497 cm³/mol. The summed E-state index contributed by atoms with van der Waals surface area (Å²) >= 11 is 3.07. The largest absolute Gasteiger partial charge is 0.466 e. The molecule has 0 bridgehead atoms. The minimum atomic E-state index is -2.70. The summed E-state index contributed by atoms with van der Waals surface area (Å²) < 4.78 is 193. The lowest BCUT2D eigenvalue weighted by atomic mass is 9.96. The molecule has 0 aromatic heterocycles. The Morgan fingerprint density at radius 2 is 0.771 bits per heavy atom. The maximum Gasteiger partial charge on any atom is 0.351 e. The van der Waals surface area contributed by atoms with Gasteiger partial charge >= 0.3 is 59.7 Å². The fourth-order valence-electron chi connectivity index (χ4n) is 13.3. The van der Waals surface area contributed by atoms with Gasteiger partial charge in [-0.25, -0.2) is 55.5 Å². The van der Waals surface area contributed by atoms with E-state index in [0.717, 1.165) is 40.9 Å². The second-order valence-corrected chi connectivity index (χ2v) is 38.2. The number of carbonyl (C=O) groups is 13. The predicted octanol–water partition coefficient (Wildman–Crippen LogP) is 9.37. The van der Waals surface area contributed by atoms with Crippen molar-refractivity contribution in [2.45, 2.75) is 354 Å². The molecule has 2 aromatic rings. The number of cyclic esters (lactones) is 1. The number of aliphatic hydroxyl groups is 4. The van der Waals surface area contributed by atoms with E-state index in [9.17, 15) is 95.2 Å². The third-order valence-electron chi connectivity index (χ3n) is 21.2. The highest BCUT2D eigenvalue weighted by molar-refractivity contribution is 9.10. The topological polar surface area (TPSA) is 524 Å². The number of rotatable bonds is 32. The molecule has 10 rings (SSSR count). The molecule has 0 saturated carbocycles. The first-order valence-electron chi connectivity index (χ1n) is 46.7. The van der Waals surface area contributed by atoms with Crippen LogP contribution < -0.4 is 0 Å². The standard InChI is InChI=1S/C18H23FO6.C13H13FO5.2C11H19FO5.C11H17FO5.C11H20O5.C11H18O5.C6H10O3.C5H9BrO2/c1-5-22-16(21)18(4,19)14(13-11-23-17(2,3)25-13)24-15(20)12-9-7-6-8-10-12;1-13(14)10(9(7-15)18-12(13)17)19-11(16)8-5-3-2-4-6-8;3*1-5-15-9(14)11(4,12)8(13)7-6-16-10(2,3)17-7;2*1-5-14-10(13)7(2)9(12)8-6-15-11(3,4)16-8;1-6(2)8-4-5(3-7)9-6;1-3-8-5(7)4(2)6/h6-10,13-14H,5,11H2,1-4H3;2-6,9-10,15H,7H2,1H3;2*7-8,13H,5-6H2,1-4H3;7H,5-6H2,1-4H3;7-9,12H,5-6H2,1-4H3;7-8H,5-6H2,1-4H3;3,5H,4H2,1-2H3;4H,3H2,1-2H3/t13?,14-,18+;9?,10-,13-;7?,8-,11+;7?,8-,11-;;;;;/m1100...../s1. The van der Waals surface area contributed by atoms with E-state index in [4.69, 9.17) is 95.1 Å². The molecule has 0 radical (unpaired) electrons. The Hall–Kier alpha value is -8.44. The van der Waals surface area contributed by atoms with Gasteiger partial charge in [0.25, 0.3) is 5.67 Å². The van der Waals surface area contributed by atoms with E-state index in [-0.39, 0.29) is 106 Å². The number of esters is 10. The highest BCUT2D eigenvalue weighted by Crippen LogP contribution is 2.39. The average Bonchev–Trinajstić information content (AvgIpc) is 1.63. The summed E-state index contributed by atoms with van der Waals surface area (Å²) in [5, 5.41) is 38.6. The number of hydrogen-bond acceptors (Lipinski definition) is 41. The second kappa shape index (κ2) is 57.9. The van der Waals surface area contributed by atoms with Crippen molar-refractivity contribution in [3.63, 3.8) is 0 Å². The zero-order valence-electron chi connectivity index (χ0n) is 87.4. The molecular weight excluding hydrogens is 2000 g/mol. The van der Waals surface area contributed by atoms with E-state index < -0.39 is 220 Å². The van der Waals surface area contributed by atoms with Gasteiger partial charge < -0.3 is 139 Å². The molecule has 47 heteroatoms. The minimum absolute atomic E-state index is 0.00517. The number of Topliss-reactive ketones (excluding diaryl/α,β-unsaturated/α-hetero) is 2. The van der Waals surface area contributed by atoms with Crippen molar-refractivity contribution in [1.82, 2.24) is 0 Å². The summed E-state index contributed by atoms with van der Waals surface area (Å²) in [6.45, 7) is 46.3. The molecule has 8 aliphatic rings. The van der Waals surface area contributed by atoms with Gasteiger partial charge in [-0.05, 0) is 225 Å². The van der Waals surface area contributed by atoms with Gasteiger partial charge in [0, 0.05) is 0 Å². The Morgan fingerprint density at radius 3 is 1.10 bits per heavy atom. The lowest BCUT2D eigenvalue weighted by Gasteiger charge is -2.32. The highest BCUT2D eigenvalue weighted by Gasteiger charge is 2.60. The summed E-state index contributed by atoms with van der Waals surface area (Å²) in [6, 6.07) is 16.1. The van der Waals surface area contributed by atoms with Crippen molar-refractivity contribution in [2.75, 3.05) is 99.1 Å². The molecule has 13 unspecified atom stereocenters. The Balaban J connectivity index is 0.000000555. The third kappa shape index (κ3) is 41.6. The number of ether oxygens (including phenoxy) is 24. The van der Waals surface area contributed by atoms with E-state index in [1.807, 2.05) is 0 Å². The van der Waals surface area contributed by atoms with E-state index in [1.54, 1.807) is 189 Å². The Morgan fingerprint density at radius 1 is 0.438 bits per heavy atom. The van der Waals surface area contributed by atoms with Crippen molar-refractivity contribution in [1.29, 1.82) is 0 Å². The molecule has 0 amide bonds. The fourth-order valence-corrected chi connectivity index (χ4v) is 13.4. The number of halogens is 6. The number of hydrogen-bond donors (Lipinski definition) is 4. The average molecular weight is 2150 g/mol. The SMILES string of the molecule is CC1(C)OCC(C=O)O1.CCOC(=O)C(C)(F)C(=O)C1COC(C)(C)O1.CCOC(=O)C(C)Br.CCOC(=O)C(C)C(=O)C1COC(C)(C)O1.CCOC(=O)C(C)C(O)C1COC(C)(C)O1.CCOC(=O)[C@@](C)(F)[C@@H](O)C1COC(C)(C)O1.CCOC(=O)[C@@](C)(F)[C@H](OC(=O)c1ccccc1)C1COC(C)(C)O1.CCOC(=O)[C@](C)(F)[C@@H](O)C1COC(C)(C)O1.C[C@]1(F)C(=O)OC(CO)[C@H]1OC(=O)c1ccccc1. The molecule has 8 aliphatic heterocycles. The number of ketones is 2. The molecule has 144 heavy (non-hydrogen) atoms. The molecule has 2 aromatic carbocycles. The van der Waals surface area contributed by atoms with Crippen LogP contribution in [0.4, 0.5) is 22.0 Å². The second-order valence-electron chi connectivity index (χ2n) is 36.8. The molecule has 8 fully saturated rings. The minimum Gasteiger partial charge on any atom is -0.466 e. The summed E-state index contributed by atoms with van der Waals surface area (Å²) in [5.74, 6) is -16.7. The van der Waals surface area contributed by atoms with Crippen LogP contribution in [0, 0.1) is 11.8 Å². The van der Waals surface area contributed by atoms with Crippen LogP contribution in [-0.2, 0) is 166 Å². The third-order valence-corrected chi connectivity index (χ3v) is 21.6. The van der Waals surface area contributed by atoms with Gasteiger partial charge in [0.1, 0.15) is 65.7 Å². The van der Waals surface area contributed by atoms with Gasteiger partial charge in [-0.15, -0.1) is 0 Å². The molecule has 21 atom stereocenters. The maximum absolute atomic E-state index is 15.2. The van der Waals surface area contributed by atoms with Crippen LogP contribution in [0.15, 0.2) is 60.7 Å². The summed E-state index contributed by atoms with van der Waals surface area (Å²) in [7, 11) is 0. The number of aldehydes is 1. The molecular formula is C97H148BrF5O41. The normalized spacial score (nSPS) is 26.3. The van der Waals surface area contributed by atoms with Crippen molar-refractivity contribution in [2.24, 2.45) is 11.8 Å². The number of aliphatic hydroxyl groups excluding tert-OH is 4. The van der Waals surface area contributed by atoms with Gasteiger partial charge in [-0.1, -0.05) is 52.3 Å². The molecule has 0 spiro atoms. The lowest BCUT2D eigenvalue weighted by Crippen LogP contribution is -2.53. The Labute approximate surface area is 844 Å². The Kier molecular flexibility index (Phi) is 52.9. The molecule has 0 aliphatic carbocycles. The van der Waals surface area contributed by atoms with Crippen molar-refractivity contribution in [3.8, 4) is 0 Å². The van der Waals surface area contributed by atoms with Gasteiger partial charge in [0.2, 0.25) is 28.5 Å². The first kappa shape index (κ1) is 132. The van der Waals surface area contributed by atoms with Crippen LogP contribution in [0.2, 0.25) is 0 Å². The van der Waals surface area contributed by atoms with E-state index in [2.05, 4.69) is 39.6 Å². The zero-order valence-corrected chi connectivity index (χ0v) is 88.9. The number of carbonyl (C=O) groups excluding carboxylic acids is 13. The number of alkyl halides is 6. The van der Waals surface area contributed by atoms with E-state index in [1.165, 1.54) is 38.1 Å². The summed E-state index contributed by atoms with van der Waals surface area (Å²) in [4.78, 5) is 148. The first-order valence-corrected chi connectivity index (χ1v) is 47.6. The van der Waals surface area contributed by atoms with Gasteiger partial charge in [0.05, 0.1) is 122 Å². The number of benzene rings is 2. The first-order chi connectivity index (χ1) is 66.3. The van der Waals surface area contributed by atoms with Crippen LogP contribution in [0.1, 0.15) is 222 Å². The van der Waals surface area contributed by atoms with Crippen LogP contribution in [0.3, 0.4) is 0 Å². The van der Waals surface area contributed by atoms with Crippen LogP contribution in [0.5, 0.6) is 0 Å². The monoisotopic (exact) mass is 2140 g/mol. The zero-order chi connectivity index (χ0) is 111. The van der Waals surface area contributed by atoms with Crippen LogP contribution in [0.25, 0.3) is 0 Å². The smallest absolute Gasteiger partial charge is 0.351 e. The quantitative estimate of drug-likeness (QED) is 0.0132. The Bertz CT molecular complexity index is 4340. The van der Waals surface area contributed by atoms with Crippen molar-refractivity contribution in [3.05, 3.63) is 71.8 Å². The lowest BCUT2D eigenvalue weighted by molar-refractivity contribution is -0.183. The fraction of sp³-hybridized carbons (Fsp3) is 0.742. The summed E-state index contributed by atoms with van der Waals surface area (Å²) in [5.41, 5.74) is -12.3. The molecule has 8 saturated heterocycles. The summed E-state index contributed by atoms with van der Waals surface area (Å²) in [6.07, 6.45) is -12.8. The highest BCUT2D eigenvalue weighted by atomic mass is 79.9. The van der Waals surface area contributed by atoms with Gasteiger partial charge in [0.15, 0.2) is 70.9 Å². The molecule has 824 valence electrons. The van der Waals surface area contributed by atoms with Gasteiger partial charge in [-0.2, -0.15) is 0 Å². The van der Waals surface area contributed by atoms with Crippen molar-refractivity contribution >= 4 is 93.5 Å². The van der Waals surface area contributed by atoms with Crippen molar-refractivity contribution < 1.29 is 218 Å². The molecule has 8 heterocycles. The molecule has 41 nitrogen and oxygen atoms in total. The van der Waals surface area contributed by atoms with Crippen LogP contribution >= 0.6 is 15.9 Å². The molecule has 4 N–H and O–H groups in total. The van der Waals surface area contributed by atoms with E-state index >= 15 is 4.39 Å². The van der Waals surface area contributed by atoms with E-state index in [0.29, 0.717) is 19.8 Å². The maximum atomic E-state index is 15.2. The van der Waals surface area contributed by atoms with Gasteiger partial charge in [-0.3, -0.25) is 24.0 Å². The van der Waals surface area contributed by atoms with Crippen LogP contribution in [-0.4, -0.2) is 350 Å².